The highest BCUT2D eigenvalue weighted by atomic mass is 79.9. The van der Waals surface area contributed by atoms with Crippen LogP contribution in [0.5, 0.6) is 0 Å². The van der Waals surface area contributed by atoms with Crippen LogP contribution in [0.2, 0.25) is 5.02 Å². The van der Waals surface area contributed by atoms with Gasteiger partial charge in [0.15, 0.2) is 0 Å². The predicted molar refractivity (Wildman–Crippen MR) is 84.1 cm³/mol. The average molecular weight is 371 g/mol. The van der Waals surface area contributed by atoms with E-state index in [1.54, 1.807) is 11.3 Å². The number of halogens is 2. The molecule has 0 saturated carbocycles. The minimum atomic E-state index is 0.429. The number of hydrogen-bond acceptors (Lipinski definition) is 5. The maximum absolute atomic E-state index is 6.12. The molecule has 0 atom stereocenters. The molecule has 4 nitrogen and oxygen atoms in total. The smallest absolute Gasteiger partial charge is 0.246 e. The number of nitrogens with one attached hydrogen (secondary N) is 1. The topological polar surface area (TPSA) is 51.0 Å². The third kappa shape index (κ3) is 3.03. The Hall–Kier alpha value is -1.37. The van der Waals surface area contributed by atoms with Crippen LogP contribution in [0.15, 0.2) is 44.0 Å². The van der Waals surface area contributed by atoms with Gasteiger partial charge in [-0.1, -0.05) is 32.7 Å². The number of thiophene rings is 1. The Kier molecular flexibility index (Phi) is 4.05. The summed E-state index contributed by atoms with van der Waals surface area (Å²) in [6.45, 7) is 0.429. The molecular weight excluding hydrogens is 362 g/mol. The van der Waals surface area contributed by atoms with Crippen LogP contribution in [0.4, 0.5) is 5.69 Å². The van der Waals surface area contributed by atoms with E-state index < -0.39 is 0 Å². The van der Waals surface area contributed by atoms with E-state index in [4.69, 9.17) is 16.1 Å². The molecule has 7 heteroatoms. The van der Waals surface area contributed by atoms with Crippen molar-refractivity contribution in [3.05, 3.63) is 50.4 Å². The first kappa shape index (κ1) is 13.6. The van der Waals surface area contributed by atoms with Gasteiger partial charge in [-0.15, -0.1) is 0 Å². The number of rotatable bonds is 4. The first-order valence-electron chi connectivity index (χ1n) is 5.76. The molecule has 3 rings (SSSR count). The van der Waals surface area contributed by atoms with E-state index in [9.17, 15) is 0 Å². The monoisotopic (exact) mass is 369 g/mol. The number of benzene rings is 1. The fraction of sp³-hybridized carbons (Fsp3) is 0.0769. The lowest BCUT2D eigenvalue weighted by Gasteiger charge is -2.05. The molecule has 2 aromatic heterocycles. The summed E-state index contributed by atoms with van der Waals surface area (Å²) in [7, 11) is 0. The van der Waals surface area contributed by atoms with Crippen LogP contribution in [0.25, 0.3) is 11.4 Å². The van der Waals surface area contributed by atoms with Crippen LogP contribution >= 0.6 is 38.9 Å². The van der Waals surface area contributed by atoms with Gasteiger partial charge in [-0.25, -0.2) is 0 Å². The quantitative estimate of drug-likeness (QED) is 0.715. The number of nitrogens with zero attached hydrogens (tertiary/aromatic N) is 2. The Labute approximate surface area is 132 Å². The van der Waals surface area contributed by atoms with Crippen molar-refractivity contribution in [2.24, 2.45) is 0 Å². The Morgan fingerprint density at radius 3 is 3.00 bits per heavy atom. The van der Waals surface area contributed by atoms with Crippen LogP contribution in [0, 0.1) is 0 Å². The van der Waals surface area contributed by atoms with E-state index >= 15 is 0 Å². The van der Waals surface area contributed by atoms with Gasteiger partial charge in [-0.3, -0.25) is 0 Å². The molecular formula is C13H9BrClN3OS. The zero-order valence-electron chi connectivity index (χ0n) is 10.1. The van der Waals surface area contributed by atoms with Gasteiger partial charge in [-0.05, 0) is 29.6 Å². The number of hydrogen-bond donors (Lipinski definition) is 1. The Morgan fingerprint density at radius 2 is 2.25 bits per heavy atom. The Balaban J connectivity index is 1.70. The van der Waals surface area contributed by atoms with Crippen molar-refractivity contribution < 1.29 is 4.52 Å². The number of aromatic nitrogens is 2. The molecule has 0 saturated heterocycles. The lowest BCUT2D eigenvalue weighted by atomic mass is 10.3. The van der Waals surface area contributed by atoms with Crippen molar-refractivity contribution in [3.8, 4) is 11.4 Å². The van der Waals surface area contributed by atoms with Gasteiger partial charge in [0, 0.05) is 15.4 Å². The van der Waals surface area contributed by atoms with E-state index in [1.807, 2.05) is 35.0 Å². The van der Waals surface area contributed by atoms with Gasteiger partial charge in [0.2, 0.25) is 11.7 Å². The molecule has 102 valence electrons. The molecule has 0 amide bonds. The minimum absolute atomic E-state index is 0.429. The number of anilines is 1. The van der Waals surface area contributed by atoms with E-state index in [2.05, 4.69) is 31.4 Å². The molecule has 1 N–H and O–H groups in total. The first-order valence-corrected chi connectivity index (χ1v) is 7.88. The van der Waals surface area contributed by atoms with Crippen LogP contribution in [-0.2, 0) is 6.54 Å². The van der Waals surface area contributed by atoms with Crippen molar-refractivity contribution in [2.45, 2.75) is 6.54 Å². The summed E-state index contributed by atoms with van der Waals surface area (Å²) in [5.74, 6) is 1.12. The SMILES string of the molecule is Clc1cc(Br)ccc1NCc1nc(-c2ccsc2)no1. The van der Waals surface area contributed by atoms with Crippen molar-refractivity contribution in [1.29, 1.82) is 0 Å². The van der Waals surface area contributed by atoms with Gasteiger partial charge in [0.25, 0.3) is 0 Å². The summed E-state index contributed by atoms with van der Waals surface area (Å²) < 4.78 is 6.14. The maximum Gasteiger partial charge on any atom is 0.246 e. The third-order valence-electron chi connectivity index (χ3n) is 2.61. The molecule has 2 heterocycles. The van der Waals surface area contributed by atoms with E-state index in [0.29, 0.717) is 23.3 Å². The van der Waals surface area contributed by atoms with Crippen molar-refractivity contribution in [3.63, 3.8) is 0 Å². The zero-order chi connectivity index (χ0) is 13.9. The zero-order valence-corrected chi connectivity index (χ0v) is 13.3. The van der Waals surface area contributed by atoms with E-state index in [1.165, 1.54) is 0 Å². The van der Waals surface area contributed by atoms with Gasteiger partial charge in [0.05, 0.1) is 17.3 Å². The molecule has 0 spiro atoms. The normalized spacial score (nSPS) is 10.7. The minimum Gasteiger partial charge on any atom is -0.375 e. The third-order valence-corrected chi connectivity index (χ3v) is 4.10. The fourth-order valence-corrected chi connectivity index (χ4v) is 3.01. The van der Waals surface area contributed by atoms with Crippen LogP contribution in [0.1, 0.15) is 5.89 Å². The molecule has 0 unspecified atom stereocenters. The summed E-state index contributed by atoms with van der Waals surface area (Å²) in [6, 6.07) is 7.59. The Bertz CT molecular complexity index is 714. The maximum atomic E-state index is 6.12. The largest absolute Gasteiger partial charge is 0.375 e. The molecule has 1 aromatic carbocycles. The van der Waals surface area contributed by atoms with Crippen molar-refractivity contribution in [2.75, 3.05) is 5.32 Å². The van der Waals surface area contributed by atoms with Crippen LogP contribution in [0.3, 0.4) is 0 Å². The molecule has 0 aliphatic rings. The van der Waals surface area contributed by atoms with Gasteiger partial charge in [0.1, 0.15) is 0 Å². The second-order valence-electron chi connectivity index (χ2n) is 4.00. The first-order chi connectivity index (χ1) is 9.72. The summed E-state index contributed by atoms with van der Waals surface area (Å²) >= 11 is 11.1. The highest BCUT2D eigenvalue weighted by molar-refractivity contribution is 9.10. The highest BCUT2D eigenvalue weighted by Crippen LogP contribution is 2.26. The lowest BCUT2D eigenvalue weighted by Crippen LogP contribution is -2.00. The lowest BCUT2D eigenvalue weighted by molar-refractivity contribution is 0.384. The van der Waals surface area contributed by atoms with Gasteiger partial charge >= 0.3 is 0 Å². The molecule has 0 bridgehead atoms. The predicted octanol–water partition coefficient (Wildman–Crippen LogP) is 4.83. The second kappa shape index (κ2) is 5.95. The van der Waals surface area contributed by atoms with Crippen LogP contribution < -0.4 is 5.32 Å². The summed E-state index contributed by atoms with van der Waals surface area (Å²) in [6.07, 6.45) is 0. The van der Waals surface area contributed by atoms with E-state index in [0.717, 1.165) is 15.7 Å². The summed E-state index contributed by atoms with van der Waals surface area (Å²) in [4.78, 5) is 4.33. The molecule has 0 fully saturated rings. The highest BCUT2D eigenvalue weighted by Gasteiger charge is 2.09. The summed E-state index contributed by atoms with van der Waals surface area (Å²) in [5, 5.41) is 11.7. The Morgan fingerprint density at radius 1 is 1.35 bits per heavy atom. The van der Waals surface area contributed by atoms with Crippen molar-refractivity contribution >= 4 is 44.6 Å². The standard InChI is InChI=1S/C13H9BrClN3OS/c14-9-1-2-11(10(15)5-9)16-6-12-17-13(18-19-12)8-3-4-20-7-8/h1-5,7,16H,6H2. The molecule has 20 heavy (non-hydrogen) atoms. The fourth-order valence-electron chi connectivity index (χ4n) is 1.64. The van der Waals surface area contributed by atoms with Crippen LogP contribution in [-0.4, -0.2) is 10.1 Å². The average Bonchev–Trinajstić information content (AvgIpc) is 3.08. The molecule has 0 radical (unpaired) electrons. The summed E-state index contributed by atoms with van der Waals surface area (Å²) in [5.41, 5.74) is 1.79. The molecule has 0 aliphatic carbocycles. The second-order valence-corrected chi connectivity index (χ2v) is 6.10. The molecule has 3 aromatic rings. The van der Waals surface area contributed by atoms with Gasteiger partial charge in [-0.2, -0.15) is 16.3 Å². The van der Waals surface area contributed by atoms with Crippen molar-refractivity contribution in [1.82, 2.24) is 10.1 Å². The van der Waals surface area contributed by atoms with Gasteiger partial charge < -0.3 is 9.84 Å². The van der Waals surface area contributed by atoms with E-state index in [-0.39, 0.29) is 0 Å². The molecule has 0 aliphatic heterocycles.